The first-order chi connectivity index (χ1) is 8.50. The molecule has 1 aliphatic carbocycles. The molecule has 0 heteroatoms. The van der Waals surface area contributed by atoms with Crippen LogP contribution in [0.1, 0.15) is 83.5 Å². The van der Waals surface area contributed by atoms with Gasteiger partial charge in [-0.2, -0.15) is 0 Å². The van der Waals surface area contributed by atoms with E-state index in [-0.39, 0.29) is 0 Å². The van der Waals surface area contributed by atoms with Crippen LogP contribution in [0.15, 0.2) is 24.3 Å². The molecule has 0 spiro atoms. The zero-order valence-corrected chi connectivity index (χ0v) is 11.5. The van der Waals surface area contributed by atoms with Crippen molar-refractivity contribution in [2.75, 3.05) is 0 Å². The van der Waals surface area contributed by atoms with Gasteiger partial charge in [0.05, 0.1) is 0 Å². The largest absolute Gasteiger partial charge is 0.0882 e. The van der Waals surface area contributed by atoms with Gasteiger partial charge in [0, 0.05) is 0 Å². The summed E-state index contributed by atoms with van der Waals surface area (Å²) in [5, 5.41) is 0. The van der Waals surface area contributed by atoms with Gasteiger partial charge in [-0.25, -0.2) is 0 Å². The average molecular weight is 234 g/mol. The molecule has 98 valence electrons. The average Bonchev–Trinajstić information content (AvgIpc) is 2.35. The first kappa shape index (κ1) is 14.5. The van der Waals surface area contributed by atoms with Gasteiger partial charge in [-0.1, -0.05) is 75.7 Å². The van der Waals surface area contributed by atoms with Gasteiger partial charge < -0.3 is 0 Å². The normalized spacial score (nSPS) is 22.1. The lowest BCUT2D eigenvalue weighted by atomic mass is 10.1. The number of hydrogen-bond donors (Lipinski definition) is 0. The second-order valence-corrected chi connectivity index (χ2v) is 5.29. The summed E-state index contributed by atoms with van der Waals surface area (Å²) >= 11 is 0. The molecule has 0 aromatic heterocycles. The molecule has 1 aliphatic rings. The quantitative estimate of drug-likeness (QED) is 0.439. The summed E-state index contributed by atoms with van der Waals surface area (Å²) in [6.45, 7) is 0. The predicted molar refractivity (Wildman–Crippen MR) is 78.3 cm³/mol. The van der Waals surface area contributed by atoms with E-state index in [2.05, 4.69) is 24.3 Å². The Morgan fingerprint density at radius 1 is 0.353 bits per heavy atom. The third kappa shape index (κ3) is 10.4. The Bertz CT molecular complexity index is 178. The van der Waals surface area contributed by atoms with E-state index in [0.29, 0.717) is 0 Å². The Morgan fingerprint density at radius 3 is 1.12 bits per heavy atom. The molecule has 0 radical (unpaired) electrons. The Balaban J connectivity index is 2.13. The van der Waals surface area contributed by atoms with Crippen LogP contribution in [0.25, 0.3) is 0 Å². The molecule has 0 amide bonds. The van der Waals surface area contributed by atoms with E-state index in [1.165, 1.54) is 77.0 Å². The Kier molecular flexibility index (Phi) is 10.2. The molecule has 0 unspecified atom stereocenters. The standard InChI is InChI=1S/C17H30/c1-2-4-6-8-10-12-14-16-17-15-13-11-9-7-5-3-1/h1-2,5,7H,3-4,6,8-17H2. The molecule has 0 N–H and O–H groups in total. The predicted octanol–water partition coefficient (Wildman–Crippen LogP) is 6.18. The van der Waals surface area contributed by atoms with E-state index in [1.54, 1.807) is 0 Å². The minimum Gasteiger partial charge on any atom is -0.0882 e. The molecule has 0 nitrogen and oxygen atoms in total. The lowest BCUT2D eigenvalue weighted by Gasteiger charge is -2.01. The smallest absolute Gasteiger partial charge is 0.0169 e. The summed E-state index contributed by atoms with van der Waals surface area (Å²) in [6, 6.07) is 0. The Morgan fingerprint density at radius 2 is 0.706 bits per heavy atom. The van der Waals surface area contributed by atoms with Crippen molar-refractivity contribution in [3.8, 4) is 0 Å². The first-order valence-corrected chi connectivity index (χ1v) is 7.80. The molecule has 0 aliphatic heterocycles. The van der Waals surface area contributed by atoms with Gasteiger partial charge in [-0.3, -0.25) is 0 Å². The summed E-state index contributed by atoms with van der Waals surface area (Å²) in [5.74, 6) is 0. The lowest BCUT2D eigenvalue weighted by molar-refractivity contribution is 0.553. The van der Waals surface area contributed by atoms with Gasteiger partial charge in [0.15, 0.2) is 0 Å². The number of allylic oxidation sites excluding steroid dienone is 4. The van der Waals surface area contributed by atoms with Gasteiger partial charge in [0.25, 0.3) is 0 Å². The SMILES string of the molecule is C1=CCCCCCCCCCCCCC=CC1. The van der Waals surface area contributed by atoms with Gasteiger partial charge in [-0.05, 0) is 32.1 Å². The zero-order valence-electron chi connectivity index (χ0n) is 11.5. The number of rotatable bonds is 0. The van der Waals surface area contributed by atoms with Crippen LogP contribution in [0.3, 0.4) is 0 Å². The molecule has 0 heterocycles. The fourth-order valence-electron chi connectivity index (χ4n) is 2.45. The van der Waals surface area contributed by atoms with E-state index in [9.17, 15) is 0 Å². The topological polar surface area (TPSA) is 0 Å². The highest BCUT2D eigenvalue weighted by Crippen LogP contribution is 2.12. The fraction of sp³-hybridized carbons (Fsp3) is 0.765. The van der Waals surface area contributed by atoms with Crippen LogP contribution in [-0.2, 0) is 0 Å². The summed E-state index contributed by atoms with van der Waals surface area (Å²) in [6.07, 6.45) is 27.5. The minimum absolute atomic E-state index is 1.14. The summed E-state index contributed by atoms with van der Waals surface area (Å²) in [7, 11) is 0. The maximum atomic E-state index is 2.36. The maximum absolute atomic E-state index is 2.36. The number of hydrogen-bond acceptors (Lipinski definition) is 0. The van der Waals surface area contributed by atoms with Crippen molar-refractivity contribution >= 4 is 0 Å². The third-order valence-corrected chi connectivity index (χ3v) is 3.60. The van der Waals surface area contributed by atoms with E-state index < -0.39 is 0 Å². The molecule has 0 saturated heterocycles. The third-order valence-electron chi connectivity index (χ3n) is 3.60. The van der Waals surface area contributed by atoms with Crippen molar-refractivity contribution in [1.82, 2.24) is 0 Å². The van der Waals surface area contributed by atoms with Gasteiger partial charge >= 0.3 is 0 Å². The van der Waals surface area contributed by atoms with Crippen LogP contribution in [0, 0.1) is 0 Å². The Hall–Kier alpha value is -0.520. The van der Waals surface area contributed by atoms with Crippen molar-refractivity contribution in [3.63, 3.8) is 0 Å². The van der Waals surface area contributed by atoms with Crippen molar-refractivity contribution in [2.45, 2.75) is 83.5 Å². The highest BCUT2D eigenvalue weighted by atomic mass is 14.0. The first-order valence-electron chi connectivity index (χ1n) is 7.80. The second-order valence-electron chi connectivity index (χ2n) is 5.29. The molecule has 0 bridgehead atoms. The molecular weight excluding hydrogens is 204 g/mol. The van der Waals surface area contributed by atoms with Crippen LogP contribution in [0.4, 0.5) is 0 Å². The molecule has 0 aromatic rings. The van der Waals surface area contributed by atoms with E-state index >= 15 is 0 Å². The zero-order chi connectivity index (χ0) is 12.0. The van der Waals surface area contributed by atoms with Crippen LogP contribution < -0.4 is 0 Å². The van der Waals surface area contributed by atoms with Crippen LogP contribution in [0.2, 0.25) is 0 Å². The molecule has 0 saturated carbocycles. The van der Waals surface area contributed by atoms with Crippen LogP contribution in [0.5, 0.6) is 0 Å². The van der Waals surface area contributed by atoms with Crippen molar-refractivity contribution in [3.05, 3.63) is 24.3 Å². The van der Waals surface area contributed by atoms with E-state index in [4.69, 9.17) is 0 Å². The van der Waals surface area contributed by atoms with Crippen LogP contribution >= 0.6 is 0 Å². The summed E-state index contributed by atoms with van der Waals surface area (Å²) < 4.78 is 0. The summed E-state index contributed by atoms with van der Waals surface area (Å²) in [5.41, 5.74) is 0. The van der Waals surface area contributed by atoms with E-state index in [0.717, 1.165) is 6.42 Å². The molecular formula is C17H30. The molecule has 1 rings (SSSR count). The lowest BCUT2D eigenvalue weighted by Crippen LogP contribution is -1.81. The monoisotopic (exact) mass is 234 g/mol. The highest BCUT2D eigenvalue weighted by Gasteiger charge is 1.93. The van der Waals surface area contributed by atoms with Crippen molar-refractivity contribution in [1.29, 1.82) is 0 Å². The van der Waals surface area contributed by atoms with Crippen molar-refractivity contribution in [2.24, 2.45) is 0 Å². The summed E-state index contributed by atoms with van der Waals surface area (Å²) in [4.78, 5) is 0. The second kappa shape index (κ2) is 12.0. The van der Waals surface area contributed by atoms with Gasteiger partial charge in [0.2, 0.25) is 0 Å². The highest BCUT2D eigenvalue weighted by molar-refractivity contribution is 4.92. The van der Waals surface area contributed by atoms with E-state index in [1.807, 2.05) is 0 Å². The fourth-order valence-corrected chi connectivity index (χ4v) is 2.45. The molecule has 17 heavy (non-hydrogen) atoms. The molecule has 0 fully saturated rings. The van der Waals surface area contributed by atoms with Crippen molar-refractivity contribution < 1.29 is 0 Å². The van der Waals surface area contributed by atoms with Crippen LogP contribution in [-0.4, -0.2) is 0 Å². The molecule has 0 aromatic carbocycles. The maximum Gasteiger partial charge on any atom is -0.0169 e. The molecule has 0 atom stereocenters. The Labute approximate surface area is 108 Å². The van der Waals surface area contributed by atoms with Gasteiger partial charge in [-0.15, -0.1) is 0 Å². The van der Waals surface area contributed by atoms with Gasteiger partial charge in [0.1, 0.15) is 0 Å². The minimum atomic E-state index is 1.14.